The normalized spacial score (nSPS) is 12.1. The fourth-order valence-corrected chi connectivity index (χ4v) is 3.41. The van der Waals surface area contributed by atoms with E-state index in [1.165, 1.54) is 0 Å². The molecular weight excluding hydrogens is 396 g/mol. The first-order valence-corrected chi connectivity index (χ1v) is 10.8. The van der Waals surface area contributed by atoms with Gasteiger partial charge in [0.15, 0.2) is 23.0 Å². The lowest BCUT2D eigenvalue weighted by molar-refractivity contribution is -0.121. The van der Waals surface area contributed by atoms with E-state index in [0.717, 1.165) is 42.3 Å². The SMILES string of the molecule is CCN(CC)CCOc1ccc(CNC(=O)CCc2ccc3c(c2)OCO3)cc1OC. The van der Waals surface area contributed by atoms with Crippen molar-refractivity contribution in [2.75, 3.05) is 40.1 Å². The summed E-state index contributed by atoms with van der Waals surface area (Å²) in [5.41, 5.74) is 2.01. The second-order valence-electron chi connectivity index (χ2n) is 7.32. The number of benzene rings is 2. The van der Waals surface area contributed by atoms with Crippen LogP contribution >= 0.6 is 0 Å². The number of methoxy groups -OCH3 is 1. The Hall–Kier alpha value is -2.93. The van der Waals surface area contributed by atoms with Gasteiger partial charge in [0.25, 0.3) is 0 Å². The summed E-state index contributed by atoms with van der Waals surface area (Å²) in [6.07, 6.45) is 1.05. The average Bonchev–Trinajstić information content (AvgIpc) is 3.27. The van der Waals surface area contributed by atoms with Crippen LogP contribution in [-0.4, -0.2) is 51.0 Å². The van der Waals surface area contributed by atoms with E-state index in [-0.39, 0.29) is 12.7 Å². The van der Waals surface area contributed by atoms with Crippen LogP contribution in [-0.2, 0) is 17.8 Å². The van der Waals surface area contributed by atoms with E-state index in [9.17, 15) is 4.79 Å². The molecule has 0 saturated heterocycles. The molecule has 0 fully saturated rings. The van der Waals surface area contributed by atoms with Crippen molar-refractivity contribution in [3.8, 4) is 23.0 Å². The van der Waals surface area contributed by atoms with Crippen molar-refractivity contribution in [2.45, 2.75) is 33.2 Å². The van der Waals surface area contributed by atoms with Crippen LogP contribution < -0.4 is 24.3 Å². The Labute approximate surface area is 184 Å². The highest BCUT2D eigenvalue weighted by Gasteiger charge is 2.14. The number of hydrogen-bond donors (Lipinski definition) is 1. The molecule has 0 radical (unpaired) electrons. The van der Waals surface area contributed by atoms with Crippen LogP contribution in [0.25, 0.3) is 0 Å². The molecule has 7 heteroatoms. The molecule has 0 spiro atoms. The van der Waals surface area contributed by atoms with Gasteiger partial charge in [0, 0.05) is 19.5 Å². The maximum Gasteiger partial charge on any atom is 0.231 e. The standard InChI is InChI=1S/C24H32N2O5/c1-4-26(5-2)12-13-29-20-10-7-19(15-22(20)28-3)16-25-24(27)11-8-18-6-9-21-23(14-18)31-17-30-21/h6-7,9-10,14-15H,4-5,8,11-13,16-17H2,1-3H3,(H,25,27). The lowest BCUT2D eigenvalue weighted by Gasteiger charge is -2.19. The summed E-state index contributed by atoms with van der Waals surface area (Å²) < 4.78 is 22.1. The first-order valence-electron chi connectivity index (χ1n) is 10.8. The Morgan fingerprint density at radius 1 is 1.03 bits per heavy atom. The molecule has 0 saturated carbocycles. The molecule has 1 aliphatic heterocycles. The van der Waals surface area contributed by atoms with Gasteiger partial charge in [-0.2, -0.15) is 0 Å². The Morgan fingerprint density at radius 3 is 2.58 bits per heavy atom. The van der Waals surface area contributed by atoms with Crippen LogP contribution in [0.3, 0.4) is 0 Å². The molecular formula is C24H32N2O5. The minimum atomic E-state index is -0.00353. The zero-order chi connectivity index (χ0) is 22.1. The van der Waals surface area contributed by atoms with E-state index in [1.807, 2.05) is 36.4 Å². The summed E-state index contributed by atoms with van der Waals surface area (Å²) in [6.45, 7) is 8.46. The molecule has 0 aromatic heterocycles. The molecule has 31 heavy (non-hydrogen) atoms. The lowest BCUT2D eigenvalue weighted by Crippen LogP contribution is -2.28. The third-order valence-electron chi connectivity index (χ3n) is 5.35. The first kappa shape index (κ1) is 22.7. The summed E-state index contributed by atoms with van der Waals surface area (Å²) in [5, 5.41) is 2.97. The van der Waals surface area contributed by atoms with Crippen molar-refractivity contribution in [2.24, 2.45) is 0 Å². The molecule has 168 valence electrons. The zero-order valence-corrected chi connectivity index (χ0v) is 18.6. The van der Waals surface area contributed by atoms with E-state index in [2.05, 4.69) is 24.1 Å². The number of amides is 1. The van der Waals surface area contributed by atoms with Gasteiger partial charge in [-0.05, 0) is 54.9 Å². The molecule has 0 atom stereocenters. The highest BCUT2D eigenvalue weighted by Crippen LogP contribution is 2.32. The third kappa shape index (κ3) is 6.52. The quantitative estimate of drug-likeness (QED) is 0.559. The number of nitrogens with zero attached hydrogens (tertiary/aromatic N) is 1. The molecule has 1 heterocycles. The summed E-state index contributed by atoms with van der Waals surface area (Å²) >= 11 is 0. The van der Waals surface area contributed by atoms with Crippen molar-refractivity contribution < 1.29 is 23.7 Å². The number of likely N-dealkylation sites (N-methyl/N-ethyl adjacent to an activating group) is 1. The number of carbonyl (C=O) groups is 1. The minimum Gasteiger partial charge on any atom is -0.493 e. The van der Waals surface area contributed by atoms with Gasteiger partial charge in [-0.3, -0.25) is 4.79 Å². The Morgan fingerprint density at radius 2 is 1.81 bits per heavy atom. The van der Waals surface area contributed by atoms with Gasteiger partial charge in [0.1, 0.15) is 6.61 Å². The van der Waals surface area contributed by atoms with Crippen LogP contribution in [0.15, 0.2) is 36.4 Å². The maximum atomic E-state index is 12.3. The van der Waals surface area contributed by atoms with Gasteiger partial charge in [-0.15, -0.1) is 0 Å². The van der Waals surface area contributed by atoms with Crippen LogP contribution in [0, 0.1) is 0 Å². The van der Waals surface area contributed by atoms with Crippen molar-refractivity contribution in [3.63, 3.8) is 0 Å². The molecule has 0 bridgehead atoms. The molecule has 3 rings (SSSR count). The smallest absolute Gasteiger partial charge is 0.231 e. The van der Waals surface area contributed by atoms with Gasteiger partial charge >= 0.3 is 0 Å². The van der Waals surface area contributed by atoms with Crippen molar-refractivity contribution in [1.82, 2.24) is 10.2 Å². The van der Waals surface area contributed by atoms with E-state index in [1.54, 1.807) is 7.11 Å². The minimum absolute atomic E-state index is 0.00353. The molecule has 2 aromatic rings. The maximum absolute atomic E-state index is 12.3. The monoisotopic (exact) mass is 428 g/mol. The number of hydrogen-bond acceptors (Lipinski definition) is 6. The summed E-state index contributed by atoms with van der Waals surface area (Å²) in [7, 11) is 1.63. The highest BCUT2D eigenvalue weighted by atomic mass is 16.7. The average molecular weight is 429 g/mol. The third-order valence-corrected chi connectivity index (χ3v) is 5.35. The molecule has 1 N–H and O–H groups in total. The fraction of sp³-hybridized carbons (Fsp3) is 0.458. The molecule has 7 nitrogen and oxygen atoms in total. The Kier molecular flexibility index (Phi) is 8.41. The fourth-order valence-electron chi connectivity index (χ4n) is 3.41. The topological polar surface area (TPSA) is 69.3 Å². The summed E-state index contributed by atoms with van der Waals surface area (Å²) in [4.78, 5) is 14.6. The first-order chi connectivity index (χ1) is 15.1. The van der Waals surface area contributed by atoms with Crippen LogP contribution in [0.5, 0.6) is 23.0 Å². The van der Waals surface area contributed by atoms with E-state index in [0.29, 0.717) is 37.5 Å². The van der Waals surface area contributed by atoms with Crippen molar-refractivity contribution in [1.29, 1.82) is 0 Å². The van der Waals surface area contributed by atoms with Crippen LogP contribution in [0.1, 0.15) is 31.4 Å². The molecule has 1 aliphatic rings. The van der Waals surface area contributed by atoms with Gasteiger partial charge < -0.3 is 29.2 Å². The van der Waals surface area contributed by atoms with Gasteiger partial charge in [0.05, 0.1) is 7.11 Å². The van der Waals surface area contributed by atoms with Gasteiger partial charge in [0.2, 0.25) is 12.7 Å². The van der Waals surface area contributed by atoms with Crippen molar-refractivity contribution in [3.05, 3.63) is 47.5 Å². The van der Waals surface area contributed by atoms with Gasteiger partial charge in [-0.1, -0.05) is 26.0 Å². The van der Waals surface area contributed by atoms with Crippen LogP contribution in [0.2, 0.25) is 0 Å². The predicted molar refractivity (Wildman–Crippen MR) is 119 cm³/mol. The second kappa shape index (κ2) is 11.5. The Bertz CT molecular complexity index is 867. The number of carbonyl (C=O) groups excluding carboxylic acids is 1. The largest absolute Gasteiger partial charge is 0.493 e. The summed E-state index contributed by atoms with van der Waals surface area (Å²) in [6, 6.07) is 11.5. The summed E-state index contributed by atoms with van der Waals surface area (Å²) in [5.74, 6) is 2.88. The number of fused-ring (bicyclic) bond motifs is 1. The number of aryl methyl sites for hydroxylation is 1. The number of rotatable bonds is 12. The molecule has 0 aliphatic carbocycles. The lowest BCUT2D eigenvalue weighted by atomic mass is 10.1. The second-order valence-corrected chi connectivity index (χ2v) is 7.32. The molecule has 0 unspecified atom stereocenters. The van der Waals surface area contributed by atoms with E-state index >= 15 is 0 Å². The van der Waals surface area contributed by atoms with E-state index in [4.69, 9.17) is 18.9 Å². The van der Waals surface area contributed by atoms with Crippen molar-refractivity contribution >= 4 is 5.91 Å². The van der Waals surface area contributed by atoms with Gasteiger partial charge in [-0.25, -0.2) is 0 Å². The number of nitrogens with one attached hydrogen (secondary N) is 1. The number of ether oxygens (including phenoxy) is 4. The Balaban J connectivity index is 1.45. The zero-order valence-electron chi connectivity index (χ0n) is 18.6. The molecule has 1 amide bonds. The van der Waals surface area contributed by atoms with Crippen LogP contribution in [0.4, 0.5) is 0 Å². The predicted octanol–water partition coefficient (Wildman–Crippen LogP) is 3.39. The highest BCUT2D eigenvalue weighted by molar-refractivity contribution is 5.76. The van der Waals surface area contributed by atoms with E-state index < -0.39 is 0 Å². The molecule has 2 aromatic carbocycles.